The Labute approximate surface area is 63.0 Å². The average Bonchev–Trinajstić information content (AvgIpc) is 1.84. The Balaban J connectivity index is 1.93. The lowest BCUT2D eigenvalue weighted by molar-refractivity contribution is -0.0369. The zero-order chi connectivity index (χ0) is 7.40. The summed E-state index contributed by atoms with van der Waals surface area (Å²) in [5.74, 6) is 0.857. The monoisotopic (exact) mass is 143 g/mol. The molecule has 10 heavy (non-hydrogen) atoms. The molecule has 0 aliphatic carbocycles. The summed E-state index contributed by atoms with van der Waals surface area (Å²) >= 11 is 0. The van der Waals surface area contributed by atoms with Crippen molar-refractivity contribution in [1.82, 2.24) is 5.32 Å². The first-order valence-corrected chi connectivity index (χ1v) is 4.08. The van der Waals surface area contributed by atoms with Crippen LogP contribution in [-0.2, 0) is 4.74 Å². The third-order valence-electron chi connectivity index (χ3n) is 2.21. The Hall–Kier alpha value is -0.0800. The Morgan fingerprint density at radius 2 is 2.30 bits per heavy atom. The first-order chi connectivity index (χ1) is 4.83. The molecule has 0 aromatic rings. The van der Waals surface area contributed by atoms with Gasteiger partial charge in [-0.15, -0.1) is 0 Å². The summed E-state index contributed by atoms with van der Waals surface area (Å²) in [4.78, 5) is 0. The highest BCUT2D eigenvalue weighted by molar-refractivity contribution is 4.68. The van der Waals surface area contributed by atoms with Gasteiger partial charge < -0.3 is 10.1 Å². The van der Waals surface area contributed by atoms with Crippen LogP contribution in [0.5, 0.6) is 0 Å². The van der Waals surface area contributed by atoms with Gasteiger partial charge in [0.05, 0.1) is 13.2 Å². The largest absolute Gasteiger partial charge is 0.381 e. The zero-order valence-corrected chi connectivity index (χ0v) is 6.89. The van der Waals surface area contributed by atoms with Gasteiger partial charge in [0.2, 0.25) is 0 Å². The minimum absolute atomic E-state index is 0.667. The van der Waals surface area contributed by atoms with Gasteiger partial charge in [-0.25, -0.2) is 0 Å². The molecule has 0 saturated carbocycles. The molecule has 2 nitrogen and oxygen atoms in total. The van der Waals surface area contributed by atoms with Crippen molar-refractivity contribution < 1.29 is 4.74 Å². The van der Waals surface area contributed by atoms with Gasteiger partial charge in [-0.1, -0.05) is 0 Å². The van der Waals surface area contributed by atoms with E-state index in [2.05, 4.69) is 12.2 Å². The molecular formula is C8H17NO. The predicted molar refractivity (Wildman–Crippen MR) is 42.1 cm³/mol. The van der Waals surface area contributed by atoms with Gasteiger partial charge in [0, 0.05) is 12.0 Å². The van der Waals surface area contributed by atoms with Gasteiger partial charge in [-0.05, 0) is 26.8 Å². The van der Waals surface area contributed by atoms with Gasteiger partial charge in [0.25, 0.3) is 0 Å². The molecule has 1 aliphatic rings. The van der Waals surface area contributed by atoms with E-state index >= 15 is 0 Å². The van der Waals surface area contributed by atoms with Crippen LogP contribution in [0.15, 0.2) is 0 Å². The van der Waals surface area contributed by atoms with Gasteiger partial charge in [0.15, 0.2) is 0 Å². The Morgan fingerprint density at radius 1 is 1.60 bits per heavy atom. The highest BCUT2D eigenvalue weighted by Crippen LogP contribution is 2.16. The number of hydrogen-bond acceptors (Lipinski definition) is 2. The van der Waals surface area contributed by atoms with E-state index in [-0.39, 0.29) is 0 Å². The molecule has 0 amide bonds. The molecule has 1 fully saturated rings. The lowest BCUT2D eigenvalue weighted by Crippen LogP contribution is -2.30. The number of ether oxygens (including phenoxy) is 1. The summed E-state index contributed by atoms with van der Waals surface area (Å²) in [7, 11) is 2.02. The second-order valence-corrected chi connectivity index (χ2v) is 3.17. The van der Waals surface area contributed by atoms with Gasteiger partial charge in [-0.3, -0.25) is 0 Å². The van der Waals surface area contributed by atoms with Crippen LogP contribution in [0.3, 0.4) is 0 Å². The summed E-state index contributed by atoms with van der Waals surface area (Å²) < 4.78 is 5.08. The molecule has 0 aromatic carbocycles. The fraction of sp³-hybridized carbons (Fsp3) is 1.00. The lowest BCUT2D eigenvalue weighted by Gasteiger charge is -2.26. The van der Waals surface area contributed by atoms with Crippen molar-refractivity contribution in [2.24, 2.45) is 5.92 Å². The molecule has 1 heterocycles. The molecule has 0 spiro atoms. The molecule has 1 saturated heterocycles. The minimum atomic E-state index is 0.667. The number of nitrogens with one attached hydrogen (secondary N) is 1. The molecular weight excluding hydrogens is 126 g/mol. The number of hydrogen-bond donors (Lipinski definition) is 1. The quantitative estimate of drug-likeness (QED) is 0.634. The molecule has 2 heteroatoms. The molecule has 1 unspecified atom stereocenters. The highest BCUT2D eigenvalue weighted by atomic mass is 16.5. The molecule has 0 radical (unpaired) electrons. The Kier molecular flexibility index (Phi) is 3.16. The lowest BCUT2D eigenvalue weighted by atomic mass is 9.99. The van der Waals surface area contributed by atoms with E-state index in [0.29, 0.717) is 6.04 Å². The zero-order valence-electron chi connectivity index (χ0n) is 6.89. The summed E-state index contributed by atoms with van der Waals surface area (Å²) in [5, 5.41) is 3.23. The molecule has 0 bridgehead atoms. The summed E-state index contributed by atoms with van der Waals surface area (Å²) in [6.45, 7) is 4.21. The molecule has 1 aliphatic heterocycles. The smallest absolute Gasteiger partial charge is 0.0516 e. The Bertz CT molecular complexity index is 86.5. The van der Waals surface area contributed by atoms with Crippen LogP contribution in [0.1, 0.15) is 19.8 Å². The maximum Gasteiger partial charge on any atom is 0.0516 e. The molecule has 1 atom stereocenters. The predicted octanol–water partition coefficient (Wildman–Crippen LogP) is 1.02. The van der Waals surface area contributed by atoms with Crippen molar-refractivity contribution in [2.75, 3.05) is 20.3 Å². The average molecular weight is 143 g/mol. The van der Waals surface area contributed by atoms with E-state index in [1.807, 2.05) is 7.05 Å². The van der Waals surface area contributed by atoms with Crippen molar-refractivity contribution in [2.45, 2.75) is 25.8 Å². The van der Waals surface area contributed by atoms with E-state index in [4.69, 9.17) is 4.74 Å². The highest BCUT2D eigenvalue weighted by Gasteiger charge is 2.18. The standard InChI is InChI=1S/C8H17NO/c1-7(9-2)3-4-8-5-10-6-8/h7-9H,3-6H2,1-2H3. The van der Waals surface area contributed by atoms with Crippen LogP contribution in [0, 0.1) is 5.92 Å². The van der Waals surface area contributed by atoms with Crippen molar-refractivity contribution >= 4 is 0 Å². The van der Waals surface area contributed by atoms with Crippen molar-refractivity contribution in [3.05, 3.63) is 0 Å². The minimum Gasteiger partial charge on any atom is -0.381 e. The Morgan fingerprint density at radius 3 is 2.70 bits per heavy atom. The summed E-state index contributed by atoms with van der Waals surface area (Å²) in [6.07, 6.45) is 2.60. The fourth-order valence-electron chi connectivity index (χ4n) is 1.08. The van der Waals surface area contributed by atoms with E-state index in [9.17, 15) is 0 Å². The summed E-state index contributed by atoms with van der Waals surface area (Å²) in [5.41, 5.74) is 0. The molecule has 60 valence electrons. The second-order valence-electron chi connectivity index (χ2n) is 3.17. The van der Waals surface area contributed by atoms with Gasteiger partial charge in [-0.2, -0.15) is 0 Å². The normalized spacial score (nSPS) is 22.2. The molecule has 1 rings (SSSR count). The maximum absolute atomic E-state index is 5.08. The van der Waals surface area contributed by atoms with Crippen LogP contribution >= 0.6 is 0 Å². The third-order valence-corrected chi connectivity index (χ3v) is 2.21. The first kappa shape index (κ1) is 8.02. The van der Waals surface area contributed by atoms with E-state index in [1.165, 1.54) is 12.8 Å². The number of rotatable bonds is 4. The second kappa shape index (κ2) is 3.94. The van der Waals surface area contributed by atoms with Crippen LogP contribution in [-0.4, -0.2) is 26.3 Å². The van der Waals surface area contributed by atoms with Gasteiger partial charge in [0.1, 0.15) is 0 Å². The van der Waals surface area contributed by atoms with Gasteiger partial charge >= 0.3 is 0 Å². The van der Waals surface area contributed by atoms with E-state index < -0.39 is 0 Å². The SMILES string of the molecule is CNC(C)CCC1COC1. The summed E-state index contributed by atoms with van der Waals surface area (Å²) in [6, 6.07) is 0.667. The van der Waals surface area contributed by atoms with Crippen molar-refractivity contribution in [3.63, 3.8) is 0 Å². The van der Waals surface area contributed by atoms with Crippen LogP contribution in [0.25, 0.3) is 0 Å². The molecule has 0 aromatic heterocycles. The van der Waals surface area contributed by atoms with Crippen LogP contribution < -0.4 is 5.32 Å². The first-order valence-electron chi connectivity index (χ1n) is 4.08. The van der Waals surface area contributed by atoms with Crippen LogP contribution in [0.2, 0.25) is 0 Å². The van der Waals surface area contributed by atoms with Crippen molar-refractivity contribution in [1.29, 1.82) is 0 Å². The fourth-order valence-corrected chi connectivity index (χ4v) is 1.08. The molecule has 1 N–H and O–H groups in total. The topological polar surface area (TPSA) is 21.3 Å². The van der Waals surface area contributed by atoms with E-state index in [1.54, 1.807) is 0 Å². The van der Waals surface area contributed by atoms with E-state index in [0.717, 1.165) is 19.1 Å². The third kappa shape index (κ3) is 2.27. The van der Waals surface area contributed by atoms with Crippen molar-refractivity contribution in [3.8, 4) is 0 Å². The maximum atomic E-state index is 5.08. The van der Waals surface area contributed by atoms with Crippen LogP contribution in [0.4, 0.5) is 0 Å².